The summed E-state index contributed by atoms with van der Waals surface area (Å²) >= 11 is 1.53. The highest BCUT2D eigenvalue weighted by Crippen LogP contribution is 2.28. The Morgan fingerprint density at radius 3 is 2.76 bits per heavy atom. The zero-order chi connectivity index (χ0) is 17.8. The zero-order valence-electron chi connectivity index (χ0n) is 13.9. The summed E-state index contributed by atoms with van der Waals surface area (Å²) in [7, 11) is 1.60. The van der Waals surface area contributed by atoms with E-state index in [1.807, 2.05) is 42.6 Å². The highest BCUT2D eigenvalue weighted by molar-refractivity contribution is 7.09. The number of aromatic nitrogens is 1. The van der Waals surface area contributed by atoms with Gasteiger partial charge in [-0.3, -0.25) is 0 Å². The summed E-state index contributed by atoms with van der Waals surface area (Å²) in [5.41, 5.74) is 2.54. The highest BCUT2D eigenvalue weighted by atomic mass is 32.1. The van der Waals surface area contributed by atoms with E-state index >= 15 is 0 Å². The van der Waals surface area contributed by atoms with Crippen molar-refractivity contribution in [2.75, 3.05) is 7.11 Å². The molecule has 1 aromatic heterocycles. The number of rotatable bonds is 6. The Labute approximate surface area is 149 Å². The molecule has 0 radical (unpaired) electrons. The van der Waals surface area contributed by atoms with Gasteiger partial charge < -0.3 is 14.6 Å². The van der Waals surface area contributed by atoms with Crippen LogP contribution in [0.4, 0.5) is 0 Å². The molecule has 0 bridgehead atoms. The molecule has 0 fully saturated rings. The lowest BCUT2D eigenvalue weighted by Crippen LogP contribution is -2.04. The molecule has 0 amide bonds. The monoisotopic (exact) mass is 355 g/mol. The van der Waals surface area contributed by atoms with Crippen LogP contribution >= 0.6 is 11.3 Å². The van der Waals surface area contributed by atoms with Gasteiger partial charge in [0.1, 0.15) is 23.7 Å². The Kier molecular flexibility index (Phi) is 5.00. The first-order chi connectivity index (χ1) is 12.1. The summed E-state index contributed by atoms with van der Waals surface area (Å²) in [5, 5.41) is 12.3. The zero-order valence-corrected chi connectivity index (χ0v) is 14.7. The maximum Gasteiger partial charge on any atom is 0.339 e. The Balaban J connectivity index is 1.84. The summed E-state index contributed by atoms with van der Waals surface area (Å²) in [6.07, 6.45) is 0. The average molecular weight is 355 g/mol. The first kappa shape index (κ1) is 17.0. The molecule has 1 heterocycles. The smallest absolute Gasteiger partial charge is 0.339 e. The minimum atomic E-state index is -1.03. The van der Waals surface area contributed by atoms with Gasteiger partial charge in [0.15, 0.2) is 0 Å². The third kappa shape index (κ3) is 3.97. The number of methoxy groups -OCH3 is 1. The average Bonchev–Trinajstić information content (AvgIpc) is 3.06. The standard InChI is InChI=1S/C19H17NO4S/c1-12-20-17(11-25-12)14-6-7-18(16(9-14)19(21)22)24-10-13-4-3-5-15(8-13)23-2/h3-9,11H,10H2,1-2H3,(H,21,22). The van der Waals surface area contributed by atoms with Crippen molar-refractivity contribution in [1.29, 1.82) is 0 Å². The Hall–Kier alpha value is -2.86. The van der Waals surface area contributed by atoms with Crippen molar-refractivity contribution in [2.45, 2.75) is 13.5 Å². The van der Waals surface area contributed by atoms with E-state index < -0.39 is 5.97 Å². The molecule has 25 heavy (non-hydrogen) atoms. The van der Waals surface area contributed by atoms with Crippen LogP contribution in [0.25, 0.3) is 11.3 Å². The molecule has 2 aromatic carbocycles. The van der Waals surface area contributed by atoms with Gasteiger partial charge in [-0.25, -0.2) is 9.78 Å². The second-order valence-corrected chi connectivity index (χ2v) is 6.47. The van der Waals surface area contributed by atoms with Crippen LogP contribution in [0, 0.1) is 6.92 Å². The number of hydrogen-bond donors (Lipinski definition) is 1. The van der Waals surface area contributed by atoms with Crippen molar-refractivity contribution in [1.82, 2.24) is 4.98 Å². The van der Waals surface area contributed by atoms with E-state index in [0.29, 0.717) is 5.75 Å². The molecule has 5 nitrogen and oxygen atoms in total. The Morgan fingerprint density at radius 1 is 1.24 bits per heavy atom. The summed E-state index contributed by atoms with van der Waals surface area (Å²) in [5.74, 6) is 0.0225. The van der Waals surface area contributed by atoms with E-state index in [1.165, 1.54) is 11.3 Å². The summed E-state index contributed by atoms with van der Waals surface area (Å²) in [6, 6.07) is 12.6. The fraction of sp³-hybridized carbons (Fsp3) is 0.158. The molecule has 0 aliphatic carbocycles. The van der Waals surface area contributed by atoms with E-state index in [2.05, 4.69) is 4.98 Å². The van der Waals surface area contributed by atoms with Crippen molar-refractivity contribution < 1.29 is 19.4 Å². The lowest BCUT2D eigenvalue weighted by molar-refractivity contribution is 0.0692. The molecule has 6 heteroatoms. The largest absolute Gasteiger partial charge is 0.497 e. The third-order valence-electron chi connectivity index (χ3n) is 3.65. The number of thiazole rings is 1. The van der Waals surface area contributed by atoms with Gasteiger partial charge in [0.05, 0.1) is 17.8 Å². The minimum Gasteiger partial charge on any atom is -0.497 e. The van der Waals surface area contributed by atoms with Gasteiger partial charge in [0.25, 0.3) is 0 Å². The Morgan fingerprint density at radius 2 is 2.08 bits per heavy atom. The van der Waals surface area contributed by atoms with Crippen LogP contribution in [0.15, 0.2) is 47.8 Å². The van der Waals surface area contributed by atoms with Crippen molar-refractivity contribution in [3.8, 4) is 22.8 Å². The predicted octanol–water partition coefficient (Wildman–Crippen LogP) is 4.40. The van der Waals surface area contributed by atoms with Crippen LogP contribution < -0.4 is 9.47 Å². The SMILES string of the molecule is COc1cccc(COc2ccc(-c3csc(C)n3)cc2C(=O)O)c1. The topological polar surface area (TPSA) is 68.7 Å². The number of nitrogens with zero attached hydrogens (tertiary/aromatic N) is 1. The fourth-order valence-corrected chi connectivity index (χ4v) is 3.02. The quantitative estimate of drug-likeness (QED) is 0.709. The number of ether oxygens (including phenoxy) is 2. The summed E-state index contributed by atoms with van der Waals surface area (Å²) in [4.78, 5) is 16.0. The number of aryl methyl sites for hydroxylation is 1. The number of carboxylic acids is 1. The molecule has 0 spiro atoms. The van der Waals surface area contributed by atoms with Gasteiger partial charge in [-0.2, -0.15) is 0 Å². The molecule has 0 atom stereocenters. The van der Waals surface area contributed by atoms with E-state index in [1.54, 1.807) is 19.2 Å². The number of benzene rings is 2. The van der Waals surface area contributed by atoms with Crippen molar-refractivity contribution in [3.05, 3.63) is 64.0 Å². The van der Waals surface area contributed by atoms with Gasteiger partial charge in [-0.05, 0) is 42.8 Å². The molecule has 0 unspecified atom stereocenters. The number of hydrogen-bond acceptors (Lipinski definition) is 5. The number of carbonyl (C=O) groups is 1. The van der Waals surface area contributed by atoms with Crippen molar-refractivity contribution >= 4 is 17.3 Å². The Bertz CT molecular complexity index is 904. The summed E-state index contributed by atoms with van der Waals surface area (Å²) < 4.78 is 10.9. The second kappa shape index (κ2) is 7.36. The van der Waals surface area contributed by atoms with Gasteiger partial charge in [-0.15, -0.1) is 11.3 Å². The van der Waals surface area contributed by atoms with Crippen LogP contribution in [0.5, 0.6) is 11.5 Å². The first-order valence-corrected chi connectivity index (χ1v) is 8.50. The van der Waals surface area contributed by atoms with E-state index in [9.17, 15) is 9.90 Å². The highest BCUT2D eigenvalue weighted by Gasteiger charge is 2.14. The summed E-state index contributed by atoms with van der Waals surface area (Å²) in [6.45, 7) is 2.17. The van der Waals surface area contributed by atoms with E-state index in [-0.39, 0.29) is 12.2 Å². The predicted molar refractivity (Wildman–Crippen MR) is 96.6 cm³/mol. The van der Waals surface area contributed by atoms with Crippen LogP contribution in [0.2, 0.25) is 0 Å². The third-order valence-corrected chi connectivity index (χ3v) is 4.43. The lowest BCUT2D eigenvalue weighted by Gasteiger charge is -2.11. The molecular weight excluding hydrogens is 338 g/mol. The molecule has 0 saturated heterocycles. The first-order valence-electron chi connectivity index (χ1n) is 7.62. The lowest BCUT2D eigenvalue weighted by atomic mass is 10.1. The van der Waals surface area contributed by atoms with Gasteiger partial charge in [-0.1, -0.05) is 12.1 Å². The molecule has 1 N–H and O–H groups in total. The second-order valence-electron chi connectivity index (χ2n) is 5.41. The van der Waals surface area contributed by atoms with Gasteiger partial charge >= 0.3 is 5.97 Å². The van der Waals surface area contributed by atoms with Gasteiger partial charge in [0, 0.05) is 10.9 Å². The molecule has 0 saturated carbocycles. The van der Waals surface area contributed by atoms with Crippen LogP contribution in [0.1, 0.15) is 20.9 Å². The van der Waals surface area contributed by atoms with Crippen LogP contribution in [-0.2, 0) is 6.61 Å². The maximum absolute atomic E-state index is 11.6. The van der Waals surface area contributed by atoms with Crippen LogP contribution in [-0.4, -0.2) is 23.2 Å². The molecule has 3 rings (SSSR count). The molecular formula is C19H17NO4S. The van der Waals surface area contributed by atoms with Crippen molar-refractivity contribution in [2.24, 2.45) is 0 Å². The van der Waals surface area contributed by atoms with E-state index in [0.717, 1.165) is 27.6 Å². The maximum atomic E-state index is 11.6. The van der Waals surface area contributed by atoms with Crippen LogP contribution in [0.3, 0.4) is 0 Å². The fourth-order valence-electron chi connectivity index (χ4n) is 2.40. The number of aromatic carboxylic acids is 1. The molecule has 0 aliphatic heterocycles. The molecule has 3 aromatic rings. The molecule has 128 valence electrons. The van der Waals surface area contributed by atoms with Gasteiger partial charge in [0.2, 0.25) is 0 Å². The normalized spacial score (nSPS) is 10.5. The molecule has 0 aliphatic rings. The van der Waals surface area contributed by atoms with E-state index in [4.69, 9.17) is 9.47 Å². The minimum absolute atomic E-state index is 0.117. The number of carboxylic acid groups (broad SMARTS) is 1. The van der Waals surface area contributed by atoms with Crippen molar-refractivity contribution in [3.63, 3.8) is 0 Å².